The Morgan fingerprint density at radius 2 is 1.52 bits per heavy atom. The molecule has 4 rings (SSSR count). The minimum atomic E-state index is -0.727. The van der Waals surface area contributed by atoms with Crippen LogP contribution in [0.1, 0.15) is 9.67 Å². The summed E-state index contributed by atoms with van der Waals surface area (Å²) in [6.45, 7) is -0.832. The lowest BCUT2D eigenvalue weighted by Crippen LogP contribution is -2.32. The van der Waals surface area contributed by atoms with E-state index in [0.717, 1.165) is 21.2 Å². The van der Waals surface area contributed by atoms with Crippen molar-refractivity contribution in [3.8, 4) is 11.1 Å². The number of thiophene rings is 1. The molecule has 33 heavy (non-hydrogen) atoms. The lowest BCUT2D eigenvalue weighted by atomic mass is 10.1. The summed E-state index contributed by atoms with van der Waals surface area (Å²) in [6.07, 6.45) is 0. The first-order valence-electron chi connectivity index (χ1n) is 10.1. The number of amides is 2. The zero-order valence-electron chi connectivity index (χ0n) is 17.3. The van der Waals surface area contributed by atoms with Crippen LogP contribution < -0.4 is 10.6 Å². The van der Waals surface area contributed by atoms with E-state index in [1.807, 2.05) is 66.7 Å². The van der Waals surface area contributed by atoms with Gasteiger partial charge in [-0.25, -0.2) is 0 Å². The number of ether oxygens (including phenoxy) is 1. The van der Waals surface area contributed by atoms with Crippen LogP contribution in [0, 0.1) is 0 Å². The summed E-state index contributed by atoms with van der Waals surface area (Å²) in [6, 6.07) is 24.6. The molecule has 4 aromatic rings. The second-order valence-electron chi connectivity index (χ2n) is 7.08. The van der Waals surface area contributed by atoms with Gasteiger partial charge in [-0.2, -0.15) is 0 Å². The van der Waals surface area contributed by atoms with Crippen molar-refractivity contribution >= 4 is 56.5 Å². The molecule has 1 aromatic heterocycles. The third-order valence-electron chi connectivity index (χ3n) is 4.77. The number of fused-ring (bicyclic) bond motifs is 1. The molecule has 0 aliphatic heterocycles. The van der Waals surface area contributed by atoms with Crippen LogP contribution in [0.3, 0.4) is 0 Å². The standard InChI is InChI=1S/C25H19ClN2O4S/c26-23-19-8-4-5-9-20(19)33-24(23)25(31)27-14-22(30)32-15-21(29)28-18-12-10-17(11-13-18)16-6-2-1-3-7-16/h1-13H,14-15H2,(H,27,31)(H,28,29). The van der Waals surface area contributed by atoms with Crippen molar-refractivity contribution in [2.75, 3.05) is 18.5 Å². The van der Waals surface area contributed by atoms with E-state index in [9.17, 15) is 14.4 Å². The molecule has 1 heterocycles. The Labute approximate surface area is 199 Å². The van der Waals surface area contributed by atoms with E-state index >= 15 is 0 Å². The molecule has 0 saturated carbocycles. The largest absolute Gasteiger partial charge is 0.454 e. The van der Waals surface area contributed by atoms with Crippen LogP contribution >= 0.6 is 22.9 Å². The number of benzene rings is 3. The van der Waals surface area contributed by atoms with Crippen molar-refractivity contribution in [3.63, 3.8) is 0 Å². The van der Waals surface area contributed by atoms with E-state index < -0.39 is 24.4 Å². The minimum absolute atomic E-state index is 0.322. The molecular formula is C25H19ClN2O4S. The van der Waals surface area contributed by atoms with E-state index in [-0.39, 0.29) is 6.54 Å². The quantitative estimate of drug-likeness (QED) is 0.360. The van der Waals surface area contributed by atoms with Crippen LogP contribution in [-0.2, 0) is 14.3 Å². The van der Waals surface area contributed by atoms with Crippen molar-refractivity contribution in [3.05, 3.63) is 88.8 Å². The fourth-order valence-electron chi connectivity index (χ4n) is 3.16. The van der Waals surface area contributed by atoms with Crippen molar-refractivity contribution in [2.24, 2.45) is 0 Å². The van der Waals surface area contributed by atoms with Gasteiger partial charge in [0.2, 0.25) is 0 Å². The molecule has 3 aromatic carbocycles. The third kappa shape index (κ3) is 5.58. The molecule has 0 spiro atoms. The molecule has 0 bridgehead atoms. The van der Waals surface area contributed by atoms with E-state index in [4.69, 9.17) is 16.3 Å². The average Bonchev–Trinajstić information content (AvgIpc) is 3.19. The van der Waals surface area contributed by atoms with Gasteiger partial charge in [0, 0.05) is 15.8 Å². The van der Waals surface area contributed by atoms with Gasteiger partial charge in [0.15, 0.2) is 6.61 Å². The fourth-order valence-corrected chi connectivity index (χ4v) is 4.60. The second-order valence-corrected chi connectivity index (χ2v) is 8.51. The summed E-state index contributed by atoms with van der Waals surface area (Å²) in [4.78, 5) is 36.7. The Morgan fingerprint density at radius 1 is 0.848 bits per heavy atom. The highest BCUT2D eigenvalue weighted by molar-refractivity contribution is 7.21. The zero-order chi connectivity index (χ0) is 23.2. The van der Waals surface area contributed by atoms with E-state index in [0.29, 0.717) is 15.6 Å². The van der Waals surface area contributed by atoms with Gasteiger partial charge in [0.25, 0.3) is 11.8 Å². The topological polar surface area (TPSA) is 84.5 Å². The molecular weight excluding hydrogens is 460 g/mol. The normalized spacial score (nSPS) is 10.6. The van der Waals surface area contributed by atoms with Gasteiger partial charge in [-0.15, -0.1) is 11.3 Å². The molecule has 8 heteroatoms. The van der Waals surface area contributed by atoms with Gasteiger partial charge in [0.05, 0.1) is 5.02 Å². The van der Waals surface area contributed by atoms with Gasteiger partial charge in [-0.05, 0) is 29.3 Å². The van der Waals surface area contributed by atoms with Gasteiger partial charge in [-0.3, -0.25) is 14.4 Å². The number of hydrogen-bond acceptors (Lipinski definition) is 5. The van der Waals surface area contributed by atoms with Crippen molar-refractivity contribution in [1.29, 1.82) is 0 Å². The summed E-state index contributed by atoms with van der Waals surface area (Å²) in [5, 5.41) is 6.28. The van der Waals surface area contributed by atoms with Gasteiger partial charge in [0.1, 0.15) is 11.4 Å². The fraction of sp³-hybridized carbons (Fsp3) is 0.0800. The van der Waals surface area contributed by atoms with E-state index in [1.165, 1.54) is 11.3 Å². The highest BCUT2D eigenvalue weighted by atomic mass is 35.5. The number of carbonyl (C=O) groups is 3. The van der Waals surface area contributed by atoms with Crippen molar-refractivity contribution < 1.29 is 19.1 Å². The van der Waals surface area contributed by atoms with Crippen LogP contribution in [0.15, 0.2) is 78.9 Å². The summed E-state index contributed by atoms with van der Waals surface area (Å²) in [5.41, 5.74) is 2.68. The molecule has 0 unspecified atom stereocenters. The first-order chi connectivity index (χ1) is 16.0. The minimum Gasteiger partial charge on any atom is -0.454 e. The Kier molecular flexibility index (Phi) is 7.02. The predicted molar refractivity (Wildman–Crippen MR) is 131 cm³/mol. The average molecular weight is 479 g/mol. The number of hydrogen-bond donors (Lipinski definition) is 2. The lowest BCUT2D eigenvalue weighted by Gasteiger charge is -2.08. The Balaban J connectivity index is 1.23. The monoisotopic (exact) mass is 478 g/mol. The molecule has 166 valence electrons. The molecule has 0 atom stereocenters. The summed E-state index contributed by atoms with van der Waals surface area (Å²) < 4.78 is 5.83. The Bertz CT molecular complexity index is 1300. The second kappa shape index (κ2) is 10.3. The van der Waals surface area contributed by atoms with Gasteiger partial charge >= 0.3 is 5.97 Å². The highest BCUT2D eigenvalue weighted by Crippen LogP contribution is 2.34. The third-order valence-corrected chi connectivity index (χ3v) is 6.45. The van der Waals surface area contributed by atoms with Crippen molar-refractivity contribution in [2.45, 2.75) is 0 Å². The predicted octanol–water partition coefficient (Wildman–Crippen LogP) is 5.13. The van der Waals surface area contributed by atoms with Crippen LogP contribution in [0.5, 0.6) is 0 Å². The maximum Gasteiger partial charge on any atom is 0.325 e. The summed E-state index contributed by atoms with van der Waals surface area (Å²) >= 11 is 7.51. The molecule has 2 N–H and O–H groups in total. The number of nitrogens with one attached hydrogen (secondary N) is 2. The first-order valence-corrected chi connectivity index (χ1v) is 11.3. The maximum atomic E-state index is 12.4. The van der Waals surface area contributed by atoms with Crippen LogP contribution in [0.2, 0.25) is 5.02 Å². The smallest absolute Gasteiger partial charge is 0.325 e. The molecule has 6 nitrogen and oxygen atoms in total. The molecule has 0 aliphatic rings. The van der Waals surface area contributed by atoms with Gasteiger partial charge in [-0.1, -0.05) is 72.3 Å². The number of esters is 1. The van der Waals surface area contributed by atoms with E-state index in [2.05, 4.69) is 10.6 Å². The van der Waals surface area contributed by atoms with E-state index in [1.54, 1.807) is 12.1 Å². The number of halogens is 1. The number of carbonyl (C=O) groups excluding carboxylic acids is 3. The molecule has 0 fully saturated rings. The van der Waals surface area contributed by atoms with Gasteiger partial charge < -0.3 is 15.4 Å². The number of anilines is 1. The first kappa shape index (κ1) is 22.5. The molecule has 2 amide bonds. The van der Waals surface area contributed by atoms with Crippen LogP contribution in [0.25, 0.3) is 21.2 Å². The number of rotatable bonds is 7. The van der Waals surface area contributed by atoms with Crippen molar-refractivity contribution in [1.82, 2.24) is 5.32 Å². The molecule has 0 radical (unpaired) electrons. The maximum absolute atomic E-state index is 12.4. The van der Waals surface area contributed by atoms with Crippen LogP contribution in [0.4, 0.5) is 5.69 Å². The lowest BCUT2D eigenvalue weighted by molar-refractivity contribution is -0.146. The zero-order valence-corrected chi connectivity index (χ0v) is 18.9. The summed E-state index contributed by atoms with van der Waals surface area (Å²) in [7, 11) is 0. The Hall–Kier alpha value is -3.68. The SMILES string of the molecule is O=C(COC(=O)CNC(=O)c1sc2ccccc2c1Cl)Nc1ccc(-c2ccccc2)cc1. The summed E-state index contributed by atoms with van der Waals surface area (Å²) in [5.74, 6) is -1.68. The molecule has 0 aliphatic carbocycles. The Morgan fingerprint density at radius 3 is 2.24 bits per heavy atom. The highest BCUT2D eigenvalue weighted by Gasteiger charge is 2.18. The molecule has 0 saturated heterocycles. The van der Waals surface area contributed by atoms with Crippen LogP contribution in [-0.4, -0.2) is 30.9 Å².